The second-order valence-electron chi connectivity index (χ2n) is 6.35. The van der Waals surface area contributed by atoms with Crippen LogP contribution >= 0.6 is 0 Å². The summed E-state index contributed by atoms with van der Waals surface area (Å²) in [6.07, 6.45) is 12.4. The average molecular weight is 349 g/mol. The predicted octanol–water partition coefficient (Wildman–Crippen LogP) is 2.58. The van der Waals surface area contributed by atoms with Crippen molar-refractivity contribution in [2.24, 2.45) is 0 Å². The average Bonchev–Trinajstić information content (AvgIpc) is 3.17. The zero-order valence-electron chi connectivity index (χ0n) is 14.7. The second kappa shape index (κ2) is 8.30. The Morgan fingerprint density at radius 2 is 1.69 bits per heavy atom. The first kappa shape index (κ1) is 18.4. The maximum atomic E-state index is 12.7. The fraction of sp³-hybridized carbons (Fsp3) is 0.238. The van der Waals surface area contributed by atoms with E-state index in [9.17, 15) is 14.4 Å². The van der Waals surface area contributed by atoms with Gasteiger partial charge in [-0.2, -0.15) is 4.57 Å². The van der Waals surface area contributed by atoms with Gasteiger partial charge in [0.2, 0.25) is 0 Å². The lowest BCUT2D eigenvalue weighted by Crippen LogP contribution is -2.44. The molecule has 2 aromatic rings. The molecule has 1 saturated carbocycles. The minimum Gasteiger partial charge on any atom is -0.300 e. The predicted molar refractivity (Wildman–Crippen MR) is 100 cm³/mol. The molecule has 0 aliphatic heterocycles. The number of hydrogen-bond donors (Lipinski definition) is 0. The molecule has 5 nitrogen and oxygen atoms in total. The number of unbranched alkanes of at least 4 members (excludes halogenated alkanes) is 1. The molecular weight excluding hydrogens is 328 g/mol. The molecule has 1 aromatic carbocycles. The van der Waals surface area contributed by atoms with Crippen LogP contribution in [0.25, 0.3) is 0 Å². The molecule has 1 aliphatic carbocycles. The van der Waals surface area contributed by atoms with Crippen LogP contribution < -0.4 is 11.2 Å². The lowest BCUT2D eigenvalue weighted by molar-refractivity contribution is 0.0948. The van der Waals surface area contributed by atoms with E-state index in [1.807, 2.05) is 12.8 Å². The van der Waals surface area contributed by atoms with E-state index in [1.54, 1.807) is 43.5 Å². The Bertz CT molecular complexity index is 874. The molecule has 0 saturated heterocycles. The molecule has 0 N–H and O–H groups in total. The molecule has 1 fully saturated rings. The Labute approximate surface area is 153 Å². The summed E-state index contributed by atoms with van der Waals surface area (Å²) in [4.78, 5) is 37.7. The van der Waals surface area contributed by atoms with Crippen LogP contribution in [0.15, 0.2) is 46.1 Å². The van der Waals surface area contributed by atoms with Crippen molar-refractivity contribution in [3.63, 3.8) is 0 Å². The summed E-state index contributed by atoms with van der Waals surface area (Å²) in [6, 6.07) is 8.38. The smallest absolute Gasteiger partial charge is 0.300 e. The van der Waals surface area contributed by atoms with Crippen molar-refractivity contribution in [3.05, 3.63) is 100 Å². The molecule has 1 aromatic heterocycles. The molecule has 0 amide bonds. The molecule has 0 bridgehead atoms. The van der Waals surface area contributed by atoms with Gasteiger partial charge in [-0.15, -0.1) is 0 Å². The maximum Gasteiger partial charge on any atom is 0.338 e. The molecule has 0 unspecified atom stereocenters. The largest absolute Gasteiger partial charge is 0.338 e. The van der Waals surface area contributed by atoms with Crippen LogP contribution in [0, 0.1) is 38.5 Å². The molecule has 0 atom stereocenters. The Balaban J connectivity index is 1.77. The summed E-state index contributed by atoms with van der Waals surface area (Å²) >= 11 is 0. The van der Waals surface area contributed by atoms with Crippen molar-refractivity contribution in [1.29, 1.82) is 0 Å². The van der Waals surface area contributed by atoms with Crippen molar-refractivity contribution in [2.45, 2.75) is 32.7 Å². The van der Waals surface area contributed by atoms with E-state index in [0.717, 1.165) is 23.8 Å². The van der Waals surface area contributed by atoms with Gasteiger partial charge < -0.3 is 0 Å². The molecule has 3 rings (SSSR count). The number of nitrogens with zero attached hydrogens (tertiary/aromatic N) is 2. The summed E-state index contributed by atoms with van der Waals surface area (Å²) in [6.45, 7) is 2.10. The normalized spacial score (nSPS) is 14.7. The van der Waals surface area contributed by atoms with Crippen molar-refractivity contribution in [2.75, 3.05) is 0 Å². The third kappa shape index (κ3) is 4.03. The third-order valence-electron chi connectivity index (χ3n) is 4.40. The second-order valence-corrected chi connectivity index (χ2v) is 6.35. The molecule has 5 heteroatoms. The fourth-order valence-electron chi connectivity index (χ4n) is 2.98. The highest BCUT2D eigenvalue weighted by Gasteiger charge is 2.18. The standard InChI is InChI=1S/C21H21N2O3/c1-16-15-22(14-8-7-11-17-9-5-6-10-17)21(26)23(19(16)24)20(25)18-12-3-2-4-13-18/h2-6,9-10,12-13,15H,7-8,11,14H2,1H3. The summed E-state index contributed by atoms with van der Waals surface area (Å²) in [7, 11) is 0. The van der Waals surface area contributed by atoms with Crippen molar-refractivity contribution in [3.8, 4) is 0 Å². The Morgan fingerprint density at radius 3 is 2.38 bits per heavy atom. The SMILES string of the molecule is Cc1cn(CCCC[C]2[CH][CH][CH][CH]2)c(=O)n(C(=O)c2ccccc2)c1=O. The van der Waals surface area contributed by atoms with E-state index in [2.05, 4.69) is 12.8 Å². The first-order chi connectivity index (χ1) is 12.6. The Kier molecular flexibility index (Phi) is 5.86. The highest BCUT2D eigenvalue weighted by Crippen LogP contribution is 2.27. The van der Waals surface area contributed by atoms with Crippen LogP contribution in [-0.2, 0) is 6.54 Å². The molecule has 0 spiro atoms. The number of carbonyl (C=O) groups is 1. The van der Waals surface area contributed by atoms with Crippen LogP contribution in [0.1, 0.15) is 35.2 Å². The van der Waals surface area contributed by atoms with Crippen LogP contribution in [0.4, 0.5) is 0 Å². The number of carbonyl (C=O) groups excluding carboxylic acids is 1. The molecule has 1 heterocycles. The Morgan fingerprint density at radius 1 is 1.00 bits per heavy atom. The number of aryl methyl sites for hydroxylation is 2. The highest BCUT2D eigenvalue weighted by atomic mass is 16.2. The molecular formula is C21H21N2O3. The lowest BCUT2D eigenvalue weighted by atomic mass is 10.0. The van der Waals surface area contributed by atoms with Gasteiger partial charge in [0.1, 0.15) is 0 Å². The minimum absolute atomic E-state index is 0.319. The highest BCUT2D eigenvalue weighted by molar-refractivity contribution is 5.95. The number of rotatable bonds is 6. The monoisotopic (exact) mass is 349 g/mol. The summed E-state index contributed by atoms with van der Waals surface area (Å²) in [5, 5.41) is 0. The topological polar surface area (TPSA) is 61.1 Å². The van der Waals surface area contributed by atoms with Gasteiger partial charge in [-0.05, 0) is 63.5 Å². The molecule has 1 aliphatic rings. The van der Waals surface area contributed by atoms with Gasteiger partial charge >= 0.3 is 5.69 Å². The lowest BCUT2D eigenvalue weighted by Gasteiger charge is -2.12. The van der Waals surface area contributed by atoms with E-state index in [0.29, 0.717) is 17.7 Å². The molecule has 26 heavy (non-hydrogen) atoms. The van der Waals surface area contributed by atoms with E-state index in [4.69, 9.17) is 0 Å². The minimum atomic E-state index is -0.588. The fourth-order valence-corrected chi connectivity index (χ4v) is 2.98. The van der Waals surface area contributed by atoms with Crippen molar-refractivity contribution < 1.29 is 4.79 Å². The zero-order valence-corrected chi connectivity index (χ0v) is 14.7. The van der Waals surface area contributed by atoms with E-state index < -0.39 is 17.2 Å². The summed E-state index contributed by atoms with van der Waals surface area (Å²) in [5.74, 6) is 0.688. The number of benzene rings is 1. The van der Waals surface area contributed by atoms with Crippen molar-refractivity contribution in [1.82, 2.24) is 9.13 Å². The van der Waals surface area contributed by atoms with E-state index in [1.165, 1.54) is 10.5 Å². The first-order valence-corrected chi connectivity index (χ1v) is 8.71. The number of hydrogen-bond acceptors (Lipinski definition) is 3. The summed E-state index contributed by atoms with van der Waals surface area (Å²) < 4.78 is 2.20. The molecule has 133 valence electrons. The van der Waals surface area contributed by atoms with Gasteiger partial charge in [0, 0.05) is 23.9 Å². The van der Waals surface area contributed by atoms with Crippen molar-refractivity contribution >= 4 is 5.91 Å². The summed E-state index contributed by atoms with van der Waals surface area (Å²) in [5.41, 5.74) is -0.440. The van der Waals surface area contributed by atoms with E-state index >= 15 is 0 Å². The maximum absolute atomic E-state index is 12.7. The van der Waals surface area contributed by atoms with Gasteiger partial charge in [0.15, 0.2) is 0 Å². The first-order valence-electron chi connectivity index (χ1n) is 8.71. The van der Waals surface area contributed by atoms with Gasteiger partial charge in [0.05, 0.1) is 0 Å². The van der Waals surface area contributed by atoms with Crippen LogP contribution in [-0.4, -0.2) is 15.0 Å². The van der Waals surface area contributed by atoms with Crippen LogP contribution in [0.5, 0.6) is 0 Å². The third-order valence-corrected chi connectivity index (χ3v) is 4.40. The zero-order chi connectivity index (χ0) is 18.5. The quantitative estimate of drug-likeness (QED) is 0.753. The van der Waals surface area contributed by atoms with Crippen LogP contribution in [0.2, 0.25) is 0 Å². The van der Waals surface area contributed by atoms with Gasteiger partial charge in [-0.25, -0.2) is 4.79 Å². The molecule has 5 radical (unpaired) electrons. The Hall–Kier alpha value is -2.43. The van der Waals surface area contributed by atoms with Gasteiger partial charge in [-0.1, -0.05) is 24.6 Å². The van der Waals surface area contributed by atoms with Gasteiger partial charge in [0.25, 0.3) is 11.5 Å². The van der Waals surface area contributed by atoms with E-state index in [-0.39, 0.29) is 0 Å². The van der Waals surface area contributed by atoms with Gasteiger partial charge in [-0.3, -0.25) is 14.2 Å². The number of aromatic nitrogens is 2. The van der Waals surface area contributed by atoms with Crippen LogP contribution in [0.3, 0.4) is 0 Å².